The molecule has 0 bridgehead atoms. The molecule has 1 fully saturated rings. The van der Waals surface area contributed by atoms with E-state index in [4.69, 9.17) is 17.0 Å². The van der Waals surface area contributed by atoms with Gasteiger partial charge in [0.1, 0.15) is 0 Å². The van der Waals surface area contributed by atoms with Crippen LogP contribution in [0.3, 0.4) is 0 Å². The largest absolute Gasteiger partial charge is 0.453 e. The highest BCUT2D eigenvalue weighted by molar-refractivity contribution is 7.80. The molecule has 3 heteroatoms. The first-order valence-corrected chi connectivity index (χ1v) is 6.30. The summed E-state index contributed by atoms with van der Waals surface area (Å²) >= 11 is 5.13. The van der Waals surface area contributed by atoms with Crippen LogP contribution in [-0.2, 0) is 10.3 Å². The molecule has 0 aliphatic carbocycles. The minimum absolute atomic E-state index is 0.461. The average molecular weight is 255 g/mol. The molecule has 3 rings (SSSR count). The van der Waals surface area contributed by atoms with Crippen molar-refractivity contribution in [3.63, 3.8) is 0 Å². The predicted octanol–water partition coefficient (Wildman–Crippen LogP) is 2.83. The fraction of sp³-hybridized carbons (Fsp3) is 0.133. The highest BCUT2D eigenvalue weighted by Gasteiger charge is 2.41. The second-order valence-electron chi connectivity index (χ2n) is 4.30. The van der Waals surface area contributed by atoms with Gasteiger partial charge in [-0.1, -0.05) is 60.7 Å². The van der Waals surface area contributed by atoms with Crippen LogP contribution in [-0.4, -0.2) is 11.7 Å². The standard InChI is InChI=1S/C15H13NOS/c18-14-16-11-15(17-14,12-7-3-1-4-8-12)13-9-5-2-6-10-13/h1-10H,11H2,(H,16,18). The van der Waals surface area contributed by atoms with E-state index in [2.05, 4.69) is 29.6 Å². The minimum atomic E-state index is -0.500. The van der Waals surface area contributed by atoms with Crippen LogP contribution < -0.4 is 5.32 Å². The van der Waals surface area contributed by atoms with Gasteiger partial charge in [-0.25, -0.2) is 0 Å². The summed E-state index contributed by atoms with van der Waals surface area (Å²) in [6.45, 7) is 0.667. The number of hydrogen-bond acceptors (Lipinski definition) is 2. The van der Waals surface area contributed by atoms with Gasteiger partial charge in [-0.3, -0.25) is 0 Å². The maximum Gasteiger partial charge on any atom is 0.258 e. The van der Waals surface area contributed by atoms with E-state index in [1.54, 1.807) is 0 Å². The summed E-state index contributed by atoms with van der Waals surface area (Å²) in [6, 6.07) is 20.4. The van der Waals surface area contributed by atoms with E-state index in [-0.39, 0.29) is 0 Å². The first kappa shape index (κ1) is 11.2. The van der Waals surface area contributed by atoms with Crippen molar-refractivity contribution < 1.29 is 4.74 Å². The van der Waals surface area contributed by atoms with E-state index in [9.17, 15) is 0 Å². The van der Waals surface area contributed by atoms with E-state index in [0.717, 1.165) is 11.1 Å². The molecule has 1 aliphatic heterocycles. The zero-order chi connectivity index (χ0) is 12.4. The Labute approximate surface area is 112 Å². The molecule has 18 heavy (non-hydrogen) atoms. The molecule has 2 aromatic carbocycles. The SMILES string of the molecule is S=C1NCC(c2ccccc2)(c2ccccc2)O1. The molecule has 0 spiro atoms. The van der Waals surface area contributed by atoms with Gasteiger partial charge in [-0.2, -0.15) is 0 Å². The summed E-state index contributed by atoms with van der Waals surface area (Å²) in [4.78, 5) is 0. The van der Waals surface area contributed by atoms with Crippen LogP contribution in [0.2, 0.25) is 0 Å². The highest BCUT2D eigenvalue weighted by Crippen LogP contribution is 2.36. The molecular weight excluding hydrogens is 242 g/mol. The van der Waals surface area contributed by atoms with E-state index < -0.39 is 5.60 Å². The third-order valence-corrected chi connectivity index (χ3v) is 3.46. The monoisotopic (exact) mass is 255 g/mol. The first-order chi connectivity index (χ1) is 8.81. The smallest absolute Gasteiger partial charge is 0.258 e. The van der Waals surface area contributed by atoms with Crippen molar-refractivity contribution in [2.45, 2.75) is 5.60 Å². The van der Waals surface area contributed by atoms with Crippen molar-refractivity contribution in [2.24, 2.45) is 0 Å². The topological polar surface area (TPSA) is 21.3 Å². The Morgan fingerprint density at radius 3 is 1.78 bits per heavy atom. The third kappa shape index (κ3) is 1.77. The molecule has 0 aromatic heterocycles. The molecule has 2 aromatic rings. The van der Waals surface area contributed by atoms with Gasteiger partial charge in [0, 0.05) is 11.1 Å². The Bertz CT molecular complexity index is 514. The van der Waals surface area contributed by atoms with Gasteiger partial charge in [-0.15, -0.1) is 0 Å². The lowest BCUT2D eigenvalue weighted by Crippen LogP contribution is -2.31. The summed E-state index contributed by atoms with van der Waals surface area (Å²) in [7, 11) is 0. The Balaban J connectivity index is 2.14. The lowest BCUT2D eigenvalue weighted by molar-refractivity contribution is 0.142. The highest BCUT2D eigenvalue weighted by atomic mass is 32.1. The van der Waals surface area contributed by atoms with Crippen LogP contribution in [0.25, 0.3) is 0 Å². The van der Waals surface area contributed by atoms with Crippen LogP contribution in [0.1, 0.15) is 11.1 Å². The van der Waals surface area contributed by atoms with Crippen molar-refractivity contribution in [2.75, 3.05) is 6.54 Å². The number of nitrogens with one attached hydrogen (secondary N) is 1. The summed E-state index contributed by atoms with van der Waals surface area (Å²) < 4.78 is 5.94. The number of ether oxygens (including phenoxy) is 1. The average Bonchev–Trinajstić information content (AvgIpc) is 2.84. The predicted molar refractivity (Wildman–Crippen MR) is 75.3 cm³/mol. The minimum Gasteiger partial charge on any atom is -0.453 e. The number of hydrogen-bond donors (Lipinski definition) is 1. The van der Waals surface area contributed by atoms with Gasteiger partial charge >= 0.3 is 0 Å². The van der Waals surface area contributed by atoms with E-state index in [0.29, 0.717) is 11.7 Å². The second-order valence-corrected chi connectivity index (χ2v) is 4.67. The maximum absolute atomic E-state index is 5.94. The molecule has 0 saturated carbocycles. The molecule has 1 heterocycles. The lowest BCUT2D eigenvalue weighted by atomic mass is 9.86. The number of thiocarbonyl (C=S) groups is 1. The second kappa shape index (κ2) is 4.42. The van der Waals surface area contributed by atoms with E-state index in [1.165, 1.54) is 0 Å². The zero-order valence-corrected chi connectivity index (χ0v) is 10.6. The molecule has 0 radical (unpaired) electrons. The molecule has 90 valence electrons. The van der Waals surface area contributed by atoms with Gasteiger partial charge in [0.2, 0.25) is 0 Å². The molecule has 0 atom stereocenters. The molecule has 0 unspecified atom stereocenters. The van der Waals surface area contributed by atoms with Gasteiger partial charge in [0.25, 0.3) is 5.17 Å². The van der Waals surface area contributed by atoms with Crippen molar-refractivity contribution in [3.8, 4) is 0 Å². The third-order valence-electron chi connectivity index (χ3n) is 3.23. The van der Waals surface area contributed by atoms with Crippen molar-refractivity contribution in [1.82, 2.24) is 5.32 Å². The first-order valence-electron chi connectivity index (χ1n) is 5.89. The van der Waals surface area contributed by atoms with Crippen LogP contribution in [0.4, 0.5) is 0 Å². The van der Waals surface area contributed by atoms with Crippen molar-refractivity contribution in [3.05, 3.63) is 71.8 Å². The van der Waals surface area contributed by atoms with Gasteiger partial charge in [0.05, 0.1) is 6.54 Å². The summed E-state index contributed by atoms with van der Waals surface area (Å²) in [5.41, 5.74) is 1.73. The van der Waals surface area contributed by atoms with Gasteiger partial charge in [0.15, 0.2) is 5.60 Å². The fourth-order valence-electron chi connectivity index (χ4n) is 2.33. The molecular formula is C15H13NOS. The Morgan fingerprint density at radius 1 is 0.889 bits per heavy atom. The summed E-state index contributed by atoms with van der Waals surface area (Å²) in [5.74, 6) is 0. The summed E-state index contributed by atoms with van der Waals surface area (Å²) in [5, 5.41) is 3.58. The molecule has 1 aliphatic rings. The number of benzene rings is 2. The Kier molecular flexibility index (Phi) is 2.76. The van der Waals surface area contributed by atoms with Gasteiger partial charge < -0.3 is 10.1 Å². The number of rotatable bonds is 2. The van der Waals surface area contributed by atoms with Crippen LogP contribution in [0.15, 0.2) is 60.7 Å². The van der Waals surface area contributed by atoms with Crippen LogP contribution in [0.5, 0.6) is 0 Å². The van der Waals surface area contributed by atoms with E-state index >= 15 is 0 Å². The normalized spacial score (nSPS) is 17.0. The van der Waals surface area contributed by atoms with Crippen molar-refractivity contribution in [1.29, 1.82) is 0 Å². The maximum atomic E-state index is 5.94. The fourth-order valence-corrected chi connectivity index (χ4v) is 2.54. The quantitative estimate of drug-likeness (QED) is 0.834. The summed E-state index contributed by atoms with van der Waals surface area (Å²) in [6.07, 6.45) is 0. The van der Waals surface area contributed by atoms with E-state index in [1.807, 2.05) is 36.4 Å². The van der Waals surface area contributed by atoms with Crippen LogP contribution in [0, 0.1) is 0 Å². The Morgan fingerprint density at radius 2 is 1.39 bits per heavy atom. The van der Waals surface area contributed by atoms with Crippen molar-refractivity contribution >= 4 is 17.4 Å². The molecule has 1 N–H and O–H groups in total. The zero-order valence-electron chi connectivity index (χ0n) is 9.80. The molecule has 0 amide bonds. The van der Waals surface area contributed by atoms with Gasteiger partial charge in [-0.05, 0) is 12.2 Å². The molecule has 1 saturated heterocycles. The lowest BCUT2D eigenvalue weighted by Gasteiger charge is -2.28. The Hall–Kier alpha value is -1.87. The molecule has 2 nitrogen and oxygen atoms in total. The van der Waals surface area contributed by atoms with Crippen LogP contribution >= 0.6 is 12.2 Å².